The lowest BCUT2D eigenvalue weighted by Gasteiger charge is -2.44. The third-order valence-corrected chi connectivity index (χ3v) is 11.5. The fraction of sp³-hybridized carbons (Fsp3) is 0.436. The number of nitrogens with one attached hydrogen (secondary N) is 2. The van der Waals surface area contributed by atoms with Crippen LogP contribution in [0, 0.1) is 17.2 Å². The molecule has 0 bridgehead atoms. The van der Waals surface area contributed by atoms with E-state index >= 15 is 0 Å². The number of anilines is 2. The fourth-order valence-electron chi connectivity index (χ4n) is 8.11. The zero-order valence-electron chi connectivity index (χ0n) is 30.1. The Kier molecular flexibility index (Phi) is 10.1. The van der Waals surface area contributed by atoms with Crippen molar-refractivity contribution >= 4 is 52.8 Å². The van der Waals surface area contributed by atoms with Gasteiger partial charge in [-0.25, -0.2) is 9.97 Å². The third kappa shape index (κ3) is 7.56. The lowest BCUT2D eigenvalue weighted by molar-refractivity contribution is -0.136. The molecule has 3 aromatic rings. The second kappa shape index (κ2) is 15.3. The molecule has 2 N–H and O–H groups in total. The number of nitriles is 1. The maximum atomic E-state index is 13.3. The molecule has 3 saturated heterocycles. The maximum absolute atomic E-state index is 13.3. The predicted octanol–water partition coefficient (Wildman–Crippen LogP) is 2.78. The predicted molar refractivity (Wildman–Crippen MR) is 200 cm³/mol. The molecular formula is C39H40ClN9O6. The molecule has 1 atom stereocenters. The van der Waals surface area contributed by atoms with Crippen molar-refractivity contribution in [2.45, 2.75) is 56.7 Å². The van der Waals surface area contributed by atoms with E-state index in [2.05, 4.69) is 35.3 Å². The van der Waals surface area contributed by atoms with Crippen molar-refractivity contribution < 1.29 is 28.7 Å². The largest absolute Gasteiger partial charge is 0.490 e. The van der Waals surface area contributed by atoms with Gasteiger partial charge in [0.1, 0.15) is 17.9 Å². The number of nitrogens with zero attached hydrogens (tertiary/aromatic N) is 7. The highest BCUT2D eigenvalue weighted by Crippen LogP contribution is 2.32. The molecular weight excluding hydrogens is 726 g/mol. The third-order valence-electron chi connectivity index (χ3n) is 11.2. The molecule has 1 aliphatic carbocycles. The maximum Gasteiger partial charge on any atom is 0.262 e. The molecule has 1 aromatic heterocycles. The first kappa shape index (κ1) is 36.4. The van der Waals surface area contributed by atoms with Gasteiger partial charge in [-0.05, 0) is 62.4 Å². The summed E-state index contributed by atoms with van der Waals surface area (Å²) >= 11 is 6.13. The number of hydrogen-bond acceptors (Lipinski definition) is 12. The second-order valence-electron chi connectivity index (χ2n) is 14.8. The summed E-state index contributed by atoms with van der Waals surface area (Å²) in [5.74, 6) is -0.495. The molecule has 5 aliphatic rings. The number of carbonyl (C=O) groups excluding carboxylic acids is 5. The lowest BCUT2D eigenvalue weighted by atomic mass is 9.92. The molecule has 16 heteroatoms. The summed E-state index contributed by atoms with van der Waals surface area (Å²) in [5.41, 5.74) is 2.27. The first-order valence-corrected chi connectivity index (χ1v) is 19.1. The average molecular weight is 766 g/mol. The molecule has 0 spiro atoms. The number of ether oxygens (including phenoxy) is 1. The van der Waals surface area contributed by atoms with Crippen LogP contribution >= 0.6 is 11.6 Å². The summed E-state index contributed by atoms with van der Waals surface area (Å²) in [6.07, 6.45) is 6.55. The number of piperazine rings is 1. The molecule has 2 aromatic carbocycles. The number of halogens is 1. The van der Waals surface area contributed by atoms with Crippen molar-refractivity contribution in [1.82, 2.24) is 30.4 Å². The van der Waals surface area contributed by atoms with Gasteiger partial charge < -0.3 is 19.9 Å². The van der Waals surface area contributed by atoms with E-state index in [0.29, 0.717) is 33.8 Å². The van der Waals surface area contributed by atoms with Crippen LogP contribution in [0.4, 0.5) is 11.6 Å². The van der Waals surface area contributed by atoms with Crippen LogP contribution in [0.5, 0.6) is 5.75 Å². The molecule has 55 heavy (non-hydrogen) atoms. The highest BCUT2D eigenvalue weighted by atomic mass is 35.5. The van der Waals surface area contributed by atoms with E-state index in [1.807, 2.05) is 12.1 Å². The number of amides is 5. The molecule has 5 heterocycles. The number of rotatable bonds is 9. The van der Waals surface area contributed by atoms with E-state index in [1.54, 1.807) is 42.7 Å². The average Bonchev–Trinajstić information content (AvgIpc) is 3.42. The number of benzene rings is 2. The Morgan fingerprint density at radius 2 is 1.64 bits per heavy atom. The molecule has 1 unspecified atom stereocenters. The highest BCUT2D eigenvalue weighted by molar-refractivity contribution is 6.31. The van der Waals surface area contributed by atoms with E-state index in [9.17, 15) is 24.0 Å². The van der Waals surface area contributed by atoms with E-state index < -0.39 is 29.7 Å². The molecule has 1 saturated carbocycles. The normalized spacial score (nSPS) is 23.2. The number of piperidine rings is 1. The van der Waals surface area contributed by atoms with E-state index in [-0.39, 0.29) is 42.0 Å². The Hall–Kier alpha value is -5.59. The van der Waals surface area contributed by atoms with Gasteiger partial charge in [0, 0.05) is 88.3 Å². The lowest BCUT2D eigenvalue weighted by Crippen LogP contribution is -2.55. The van der Waals surface area contributed by atoms with Gasteiger partial charge in [-0.2, -0.15) is 5.26 Å². The van der Waals surface area contributed by atoms with Crippen molar-refractivity contribution in [3.63, 3.8) is 0 Å². The van der Waals surface area contributed by atoms with Gasteiger partial charge in [0.05, 0.1) is 33.4 Å². The number of aromatic nitrogens is 2. The van der Waals surface area contributed by atoms with Crippen LogP contribution in [0.3, 0.4) is 0 Å². The topological polar surface area (TPSA) is 181 Å². The molecule has 8 rings (SSSR count). The van der Waals surface area contributed by atoms with Gasteiger partial charge in [-0.1, -0.05) is 11.6 Å². The SMILES string of the molecule is N#Cc1ccc(O[C@H]2CC[C@H](NC(=O)c3cnc(N4CC(CN5CCN(c6ccc7c(c6)C(=O)N(C6CCC(=O)NC6=O)C7=O)CC5)C4)nc3)CC2)cc1Cl. The van der Waals surface area contributed by atoms with Crippen LogP contribution in [0.1, 0.15) is 75.2 Å². The van der Waals surface area contributed by atoms with Crippen LogP contribution in [-0.4, -0.2) is 113 Å². The van der Waals surface area contributed by atoms with Crippen molar-refractivity contribution in [1.29, 1.82) is 5.26 Å². The van der Waals surface area contributed by atoms with Crippen LogP contribution in [0.2, 0.25) is 5.02 Å². The molecule has 4 fully saturated rings. The highest BCUT2D eigenvalue weighted by Gasteiger charge is 2.45. The summed E-state index contributed by atoms with van der Waals surface area (Å²) in [6, 6.07) is 11.4. The number of hydrogen-bond donors (Lipinski definition) is 2. The Labute approximate surface area is 322 Å². The zero-order chi connectivity index (χ0) is 38.2. The number of imide groups is 2. The Bertz CT molecular complexity index is 2070. The zero-order valence-corrected chi connectivity index (χ0v) is 30.8. The first-order valence-electron chi connectivity index (χ1n) is 18.7. The fourth-order valence-corrected chi connectivity index (χ4v) is 8.32. The van der Waals surface area contributed by atoms with Crippen LogP contribution in [0.25, 0.3) is 0 Å². The van der Waals surface area contributed by atoms with Crippen LogP contribution < -0.4 is 25.2 Å². The van der Waals surface area contributed by atoms with Crippen molar-refractivity contribution in [2.24, 2.45) is 5.92 Å². The van der Waals surface area contributed by atoms with Crippen molar-refractivity contribution in [3.05, 3.63) is 76.1 Å². The number of carbonyl (C=O) groups is 5. The van der Waals surface area contributed by atoms with Gasteiger partial charge in [0.2, 0.25) is 17.8 Å². The summed E-state index contributed by atoms with van der Waals surface area (Å²) in [4.78, 5) is 80.0. The summed E-state index contributed by atoms with van der Waals surface area (Å²) < 4.78 is 6.07. The molecule has 4 aliphatic heterocycles. The van der Waals surface area contributed by atoms with E-state index in [0.717, 1.165) is 82.1 Å². The minimum atomic E-state index is -0.982. The van der Waals surface area contributed by atoms with Gasteiger partial charge in [-0.15, -0.1) is 0 Å². The van der Waals surface area contributed by atoms with Gasteiger partial charge >= 0.3 is 0 Å². The monoisotopic (exact) mass is 765 g/mol. The minimum Gasteiger partial charge on any atom is -0.490 e. The molecule has 5 amide bonds. The van der Waals surface area contributed by atoms with Crippen molar-refractivity contribution in [2.75, 3.05) is 55.6 Å². The quantitative estimate of drug-likeness (QED) is 0.305. The second-order valence-corrected chi connectivity index (χ2v) is 15.2. The Morgan fingerprint density at radius 3 is 2.33 bits per heavy atom. The van der Waals surface area contributed by atoms with Crippen LogP contribution in [-0.2, 0) is 9.59 Å². The molecule has 284 valence electrons. The standard InChI is InChI=1S/C39H40ClN9O6/c40-32-16-29(5-1-24(32)17-41)55-28-6-2-26(3-7-28)44-35(51)25-18-42-39(43-19-25)48-21-23(22-48)20-46-11-13-47(14-12-46)27-4-8-30-31(15-27)38(54)49(37(30)53)33-9-10-34(50)45-36(33)52/h1,4-5,8,15-16,18-19,23,26,28,33H,2-3,6-7,9-14,20-22H2,(H,44,51)(H,45,50,52)/t26-,28-,33?. The molecule has 0 radical (unpaired) electrons. The Balaban J connectivity index is 0.754. The molecule has 15 nitrogen and oxygen atoms in total. The minimum absolute atomic E-state index is 0.0188. The van der Waals surface area contributed by atoms with Crippen molar-refractivity contribution in [3.8, 4) is 11.8 Å². The summed E-state index contributed by atoms with van der Waals surface area (Å²) in [7, 11) is 0. The van der Waals surface area contributed by atoms with Gasteiger partial charge in [0.25, 0.3) is 17.7 Å². The van der Waals surface area contributed by atoms with Gasteiger partial charge in [-0.3, -0.25) is 39.1 Å². The van der Waals surface area contributed by atoms with E-state index in [4.69, 9.17) is 21.6 Å². The smallest absolute Gasteiger partial charge is 0.262 e. The van der Waals surface area contributed by atoms with Gasteiger partial charge in [0.15, 0.2) is 0 Å². The van der Waals surface area contributed by atoms with E-state index in [1.165, 1.54) is 0 Å². The summed E-state index contributed by atoms with van der Waals surface area (Å²) in [6.45, 7) is 5.84. The number of fused-ring (bicyclic) bond motifs is 1. The van der Waals surface area contributed by atoms with Crippen LogP contribution in [0.15, 0.2) is 48.8 Å². The summed E-state index contributed by atoms with van der Waals surface area (Å²) in [5, 5.41) is 14.8. The Morgan fingerprint density at radius 1 is 0.909 bits per heavy atom. The first-order chi connectivity index (χ1) is 26.6.